The summed E-state index contributed by atoms with van der Waals surface area (Å²) in [6, 6.07) is 27.8. The first-order valence-corrected chi connectivity index (χ1v) is 31.0. The Labute approximate surface area is 547 Å². The van der Waals surface area contributed by atoms with Gasteiger partial charge in [-0.15, -0.1) is 40.8 Å². The molecule has 0 saturated carbocycles. The molecule has 488 valence electrons. The highest BCUT2D eigenvalue weighted by atomic mass is 16.5. The van der Waals surface area contributed by atoms with Gasteiger partial charge in [0, 0.05) is 84.7 Å². The summed E-state index contributed by atoms with van der Waals surface area (Å²) in [5, 5.41) is 52.3. The standard InChI is InChI=1S/C24H27N7O.C23H29N7O.C22H27N7O2/c1-16-20(17(2)30(5)28-16)10-11-32-22-12-18(13-25)6-8-21(22)19-7-9-23-26-27-24(15-29(3)4)31(23)14-19;1-15-7-8-19(20-13-30-22(12-24-20)25-26-23(30)14-28(4)5)21(11-15)31-10-9-18-16(2)27-29(6)17(18)3;1-15-23-24-16(2)28(15)10-11-31-20-8-7-18(30-5)12-19(20)17-6-9-21-25-26-22(14-27(3)4)29(21)13-17/h6-9,12,14H,10-11,15H2,1-5H3;7-8,11-13H,9-10,14H2,1-6H3;6-9,12-13H,10-11,14H2,1-5H3. The largest absolute Gasteiger partial charge is 0.497 e. The second kappa shape index (κ2) is 29.5. The van der Waals surface area contributed by atoms with Crippen LogP contribution in [0.3, 0.4) is 0 Å². The van der Waals surface area contributed by atoms with Crippen LogP contribution in [0.15, 0.2) is 104 Å². The van der Waals surface area contributed by atoms with Crippen molar-refractivity contribution in [1.29, 1.82) is 5.26 Å². The number of benzene rings is 3. The molecule has 0 saturated heterocycles. The quantitative estimate of drug-likeness (QED) is 0.0614. The Hall–Kier alpha value is -10.4. The summed E-state index contributed by atoms with van der Waals surface area (Å²) in [5.41, 5.74) is 16.5. The predicted octanol–water partition coefficient (Wildman–Crippen LogP) is 9.19. The molecule has 9 heterocycles. The van der Waals surface area contributed by atoms with Crippen LogP contribution in [0.5, 0.6) is 23.0 Å². The smallest absolute Gasteiger partial charge is 0.179 e. The maximum absolute atomic E-state index is 9.39. The number of methoxy groups -OCH3 is 1. The molecule has 0 aliphatic rings. The first kappa shape index (κ1) is 66.5. The van der Waals surface area contributed by atoms with E-state index in [0.717, 1.165) is 132 Å². The molecule has 12 rings (SSSR count). The molecule has 0 bridgehead atoms. The lowest BCUT2D eigenvalue weighted by atomic mass is 10.0. The van der Waals surface area contributed by atoms with Crippen LogP contribution in [-0.2, 0) is 53.1 Å². The van der Waals surface area contributed by atoms with Crippen molar-refractivity contribution in [3.05, 3.63) is 178 Å². The monoisotopic (exact) mass is 1270 g/mol. The van der Waals surface area contributed by atoms with Crippen molar-refractivity contribution in [2.24, 2.45) is 14.1 Å². The lowest BCUT2D eigenvalue weighted by Crippen LogP contribution is -2.13. The van der Waals surface area contributed by atoms with Gasteiger partial charge in [0.2, 0.25) is 0 Å². The maximum Gasteiger partial charge on any atom is 0.179 e. The first-order valence-electron chi connectivity index (χ1n) is 31.0. The fraction of sp³-hybridized carbons (Fsp3) is 0.362. The van der Waals surface area contributed by atoms with Gasteiger partial charge in [0.25, 0.3) is 0 Å². The van der Waals surface area contributed by atoms with Crippen LogP contribution in [0.1, 0.15) is 74.2 Å². The summed E-state index contributed by atoms with van der Waals surface area (Å²) in [4.78, 5) is 10.8. The van der Waals surface area contributed by atoms with Crippen molar-refractivity contribution in [2.75, 3.05) is 69.2 Å². The molecule has 9 aromatic heterocycles. The van der Waals surface area contributed by atoms with E-state index in [4.69, 9.17) is 18.9 Å². The van der Waals surface area contributed by atoms with Crippen LogP contribution >= 0.6 is 0 Å². The molecule has 0 radical (unpaired) electrons. The van der Waals surface area contributed by atoms with Crippen molar-refractivity contribution in [3.8, 4) is 62.6 Å². The highest BCUT2D eigenvalue weighted by Crippen LogP contribution is 2.36. The Kier molecular flexibility index (Phi) is 20.8. The van der Waals surface area contributed by atoms with Crippen LogP contribution in [0.4, 0.5) is 0 Å². The molecule has 0 fully saturated rings. The van der Waals surface area contributed by atoms with Gasteiger partial charge in [0.15, 0.2) is 34.4 Å². The molecule has 12 aromatic rings. The second-order valence-electron chi connectivity index (χ2n) is 24.1. The number of hydrogen-bond donors (Lipinski definition) is 0. The van der Waals surface area contributed by atoms with Crippen LogP contribution in [0, 0.1) is 59.8 Å². The van der Waals surface area contributed by atoms with E-state index in [1.807, 2.05) is 184 Å². The van der Waals surface area contributed by atoms with Gasteiger partial charge in [-0.25, -0.2) is 0 Å². The number of ether oxygens (including phenoxy) is 4. The van der Waals surface area contributed by atoms with Crippen molar-refractivity contribution in [1.82, 2.24) is 97.8 Å². The molecule has 3 aromatic carbocycles. The molecule has 0 unspecified atom stereocenters. The topological polar surface area (TPSA) is 240 Å². The lowest BCUT2D eigenvalue weighted by molar-refractivity contribution is 0.296. The van der Waals surface area contributed by atoms with E-state index in [1.54, 1.807) is 19.4 Å². The number of aromatic nitrogens is 17. The Bertz CT molecular complexity index is 4630. The first-order chi connectivity index (χ1) is 45.2. The molecule has 0 aliphatic heterocycles. The Balaban J connectivity index is 0.000000154. The van der Waals surface area contributed by atoms with E-state index >= 15 is 0 Å². The summed E-state index contributed by atoms with van der Waals surface area (Å²) in [6.45, 7) is 18.5. The fourth-order valence-corrected chi connectivity index (χ4v) is 11.2. The summed E-state index contributed by atoms with van der Waals surface area (Å²) in [7, 11) is 17.6. The zero-order valence-corrected chi connectivity index (χ0v) is 56.7. The normalized spacial score (nSPS) is 11.4. The van der Waals surface area contributed by atoms with Crippen LogP contribution in [-0.4, -0.2) is 167 Å². The highest BCUT2D eigenvalue weighted by molar-refractivity contribution is 5.74. The molecule has 94 heavy (non-hydrogen) atoms. The van der Waals surface area contributed by atoms with Crippen molar-refractivity contribution < 1.29 is 18.9 Å². The summed E-state index contributed by atoms with van der Waals surface area (Å²) in [5.74, 6) is 7.44. The third-order valence-electron chi connectivity index (χ3n) is 16.2. The zero-order chi connectivity index (χ0) is 66.9. The summed E-state index contributed by atoms with van der Waals surface area (Å²) >= 11 is 0. The number of hydrogen-bond acceptors (Lipinski definition) is 19. The number of pyridine rings is 2. The number of fused-ring (bicyclic) bond motifs is 3. The molecule has 0 atom stereocenters. The second-order valence-corrected chi connectivity index (χ2v) is 24.1. The van der Waals surface area contributed by atoms with Gasteiger partial charge in [-0.3, -0.25) is 27.5 Å². The number of rotatable bonds is 22. The van der Waals surface area contributed by atoms with Crippen molar-refractivity contribution in [3.63, 3.8) is 0 Å². The molecule has 0 amide bonds. The maximum atomic E-state index is 9.39. The van der Waals surface area contributed by atoms with E-state index in [-0.39, 0.29) is 0 Å². The summed E-state index contributed by atoms with van der Waals surface area (Å²) in [6.07, 6.45) is 9.37. The molecule has 25 nitrogen and oxygen atoms in total. The van der Waals surface area contributed by atoms with Crippen LogP contribution in [0.25, 0.3) is 50.5 Å². The third-order valence-corrected chi connectivity index (χ3v) is 16.2. The van der Waals surface area contributed by atoms with Crippen LogP contribution in [0.2, 0.25) is 0 Å². The molecule has 0 N–H and O–H groups in total. The van der Waals surface area contributed by atoms with E-state index in [1.165, 1.54) is 16.8 Å². The average molecular weight is 1270 g/mol. The lowest BCUT2D eigenvalue weighted by Gasteiger charge is -2.15. The fourth-order valence-electron chi connectivity index (χ4n) is 11.2. The molecular weight excluding hydrogens is 1190 g/mol. The molecule has 0 spiro atoms. The van der Waals surface area contributed by atoms with Gasteiger partial charge in [0.1, 0.15) is 41.3 Å². The minimum Gasteiger partial charge on any atom is -0.497 e. The SMILES string of the molecule is COc1ccc(OCCn2c(C)nnc2C)c(-c2ccc3nnc(CN(C)C)n3c2)c1.Cc1ccc(-c2cn3c(CN(C)C)nnc3cn2)c(OCCc2c(C)nn(C)c2C)c1.Cc1nn(C)c(C)c1CCOc1cc(C#N)ccc1-c1ccc2nnc(CN(C)C)n2c1. The van der Waals surface area contributed by atoms with E-state index in [2.05, 4.69) is 116 Å². The Morgan fingerprint density at radius 2 is 0.989 bits per heavy atom. The average Bonchev–Trinajstić information content (AvgIpc) is 1.49. The van der Waals surface area contributed by atoms with Gasteiger partial charge in [-0.1, -0.05) is 6.07 Å². The van der Waals surface area contributed by atoms with E-state index in [0.29, 0.717) is 57.3 Å². The Morgan fingerprint density at radius 1 is 0.489 bits per heavy atom. The van der Waals surface area contributed by atoms with Gasteiger partial charge < -0.3 is 38.2 Å². The predicted molar refractivity (Wildman–Crippen MR) is 360 cm³/mol. The number of nitriles is 1. The van der Waals surface area contributed by atoms with Crippen molar-refractivity contribution >= 4 is 16.9 Å². The Morgan fingerprint density at radius 3 is 1.50 bits per heavy atom. The van der Waals surface area contributed by atoms with E-state index < -0.39 is 0 Å². The van der Waals surface area contributed by atoms with Gasteiger partial charge in [-0.05, 0) is 180 Å². The number of nitrogens with zero attached hydrogens (tertiary/aromatic N) is 21. The number of aryl methyl sites for hydroxylation is 7. The minimum atomic E-state index is 0.496. The van der Waals surface area contributed by atoms with Gasteiger partial charge >= 0.3 is 0 Å². The summed E-state index contributed by atoms with van der Waals surface area (Å²) < 4.78 is 36.0. The zero-order valence-electron chi connectivity index (χ0n) is 56.7. The van der Waals surface area contributed by atoms with Crippen LogP contribution < -0.4 is 18.9 Å². The van der Waals surface area contributed by atoms with E-state index in [9.17, 15) is 5.26 Å². The highest BCUT2D eigenvalue weighted by Gasteiger charge is 2.19. The van der Waals surface area contributed by atoms with Gasteiger partial charge in [0.05, 0.1) is 81.4 Å². The van der Waals surface area contributed by atoms with Crippen molar-refractivity contribution in [2.45, 2.75) is 87.5 Å². The van der Waals surface area contributed by atoms with Gasteiger partial charge in [-0.2, -0.15) is 15.5 Å². The molecular formula is C69H83N21O4. The minimum absolute atomic E-state index is 0.496. The third kappa shape index (κ3) is 15.4. The molecule has 0 aliphatic carbocycles. The molecule has 25 heteroatoms.